The summed E-state index contributed by atoms with van der Waals surface area (Å²) in [6.07, 6.45) is -2.16. The number of carbonyl (C=O) groups is 2. The van der Waals surface area contributed by atoms with Gasteiger partial charge < -0.3 is 30.2 Å². The highest BCUT2D eigenvalue weighted by Gasteiger charge is 2.52. The molecule has 4 aromatic carbocycles. The zero-order valence-corrected chi connectivity index (χ0v) is 37.0. The predicted molar refractivity (Wildman–Crippen MR) is 234 cm³/mol. The fourth-order valence-electron chi connectivity index (χ4n) is 8.01. The largest absolute Gasteiger partial charge is 0.421 e. The zero-order chi connectivity index (χ0) is 45.6. The van der Waals surface area contributed by atoms with Gasteiger partial charge in [0.2, 0.25) is 0 Å². The summed E-state index contributed by atoms with van der Waals surface area (Å²) in [5.41, 5.74) is -4.51. The van der Waals surface area contributed by atoms with Crippen LogP contribution in [0.15, 0.2) is 114 Å². The van der Waals surface area contributed by atoms with Gasteiger partial charge in [0, 0.05) is 58.5 Å². The van der Waals surface area contributed by atoms with Crippen LogP contribution in [0.3, 0.4) is 0 Å². The smallest absolute Gasteiger partial charge is 0.376 e. The van der Waals surface area contributed by atoms with Crippen molar-refractivity contribution < 1.29 is 46.1 Å². The maximum atomic E-state index is 13.3. The third-order valence-corrected chi connectivity index (χ3v) is 12.8. The number of anilines is 1. The highest BCUT2D eigenvalue weighted by Crippen LogP contribution is 2.41. The van der Waals surface area contributed by atoms with Crippen molar-refractivity contribution in [1.82, 2.24) is 15.1 Å². The minimum absolute atomic E-state index is 0.123. The Morgan fingerprint density at radius 1 is 0.556 bits per heavy atom. The molecule has 2 aliphatic carbocycles. The van der Waals surface area contributed by atoms with E-state index in [1.807, 2.05) is 58.3 Å². The lowest BCUT2D eigenvalue weighted by atomic mass is 9.94. The van der Waals surface area contributed by atoms with Gasteiger partial charge in [0.25, 0.3) is 11.8 Å². The second-order valence-electron chi connectivity index (χ2n) is 17.0. The number of halogens is 7. The van der Waals surface area contributed by atoms with Crippen molar-refractivity contribution in [2.24, 2.45) is 0 Å². The van der Waals surface area contributed by atoms with Gasteiger partial charge in [-0.2, -0.15) is 26.3 Å². The fraction of sp³-hybridized carbons (Fsp3) is 0.458. The molecule has 8 rings (SSSR count). The Kier molecular flexibility index (Phi) is 15.4. The van der Waals surface area contributed by atoms with Gasteiger partial charge in [-0.15, -0.1) is 0 Å². The summed E-state index contributed by atoms with van der Waals surface area (Å²) in [6, 6.07) is 31.2. The normalized spacial score (nSPS) is 19.3. The summed E-state index contributed by atoms with van der Waals surface area (Å²) in [5, 5.41) is 22.9. The summed E-state index contributed by atoms with van der Waals surface area (Å²) in [4.78, 5) is 32.3. The number of alkyl halides is 6. The quantitative estimate of drug-likeness (QED) is 0.145. The first kappa shape index (κ1) is 48.0. The molecular formula is C48H55BrF6N4O4. The van der Waals surface area contributed by atoms with E-state index in [0.29, 0.717) is 11.1 Å². The minimum atomic E-state index is -4.79. The number of rotatable bonds is 9. The molecule has 2 saturated heterocycles. The molecule has 15 heteroatoms. The Hall–Kier alpha value is -4.44. The van der Waals surface area contributed by atoms with E-state index in [-0.39, 0.29) is 47.1 Å². The van der Waals surface area contributed by atoms with Crippen molar-refractivity contribution in [3.05, 3.63) is 136 Å². The molecule has 0 aromatic heterocycles. The number of amides is 2. The van der Waals surface area contributed by atoms with Crippen LogP contribution in [0.25, 0.3) is 0 Å². The molecule has 2 atom stereocenters. The van der Waals surface area contributed by atoms with Crippen molar-refractivity contribution in [3.8, 4) is 0 Å². The molecule has 0 bridgehead atoms. The van der Waals surface area contributed by atoms with Crippen molar-refractivity contribution in [3.63, 3.8) is 0 Å². The van der Waals surface area contributed by atoms with E-state index in [2.05, 4.69) is 38.3 Å². The Morgan fingerprint density at radius 3 is 1.24 bits per heavy atom. The van der Waals surface area contributed by atoms with E-state index in [1.54, 1.807) is 0 Å². The molecule has 2 heterocycles. The number of piperidine rings is 2. The van der Waals surface area contributed by atoms with Crippen LogP contribution < -0.4 is 10.2 Å². The number of hydrogen-bond donors (Lipinski definition) is 3. The summed E-state index contributed by atoms with van der Waals surface area (Å²) < 4.78 is 79.2. The Morgan fingerprint density at radius 2 is 0.905 bits per heavy atom. The Bertz CT molecular complexity index is 2080. The van der Waals surface area contributed by atoms with Gasteiger partial charge in [-0.05, 0) is 138 Å². The summed E-state index contributed by atoms with van der Waals surface area (Å²) >= 11 is 3.31. The summed E-state index contributed by atoms with van der Waals surface area (Å²) in [5.74, 6) is -0.272. The predicted octanol–water partition coefficient (Wildman–Crippen LogP) is 9.99. The first-order valence-electron chi connectivity index (χ1n) is 21.5. The van der Waals surface area contributed by atoms with Crippen molar-refractivity contribution >= 4 is 33.4 Å². The lowest BCUT2D eigenvalue weighted by Gasteiger charge is -2.40. The third kappa shape index (κ3) is 12.0. The number of benzene rings is 4. The van der Waals surface area contributed by atoms with Crippen LogP contribution in [-0.2, 0) is 11.2 Å². The standard InChI is InChI=1S/C24H27F3N2O2.C18H23F3N2O2.C6H5Br/c1-23(31,24(25,26)27)18-9-7-17(8-10-18)22(30)29(20-11-12-20)21-13-15-28(16-14-21)19-5-3-2-4-6-19;1-17(25,18(19,20)21)13-4-2-12(3-5-13)16(24)23(14-6-7-14)15-8-10-22-11-9-15;7-6-4-2-1-3-5-6/h2-10,20-21,31H,11-16H2,1H3;2-5,14-15,22,25H,6-11H2,1H3;1-5H/t23-;17-;/m00./s1. The fourth-order valence-corrected chi connectivity index (χ4v) is 8.31. The monoisotopic (exact) mass is 944 g/mol. The number of carbonyl (C=O) groups excluding carboxylic acids is 2. The maximum absolute atomic E-state index is 13.3. The van der Waals surface area contributed by atoms with Crippen LogP contribution in [0, 0.1) is 0 Å². The van der Waals surface area contributed by atoms with Gasteiger partial charge in [0.15, 0.2) is 11.2 Å². The van der Waals surface area contributed by atoms with Gasteiger partial charge in [-0.1, -0.05) is 76.6 Å². The number of aliphatic hydroxyl groups is 2. The molecule has 340 valence electrons. The molecule has 0 spiro atoms. The van der Waals surface area contributed by atoms with Crippen LogP contribution in [0.4, 0.5) is 32.0 Å². The maximum Gasteiger partial charge on any atom is 0.421 e. The molecule has 0 unspecified atom stereocenters. The number of nitrogens with one attached hydrogen (secondary N) is 1. The summed E-state index contributed by atoms with van der Waals surface area (Å²) in [6.45, 7) is 4.90. The Labute approximate surface area is 373 Å². The van der Waals surface area contributed by atoms with Crippen molar-refractivity contribution in [2.45, 2.75) is 113 Å². The van der Waals surface area contributed by atoms with Gasteiger partial charge in [-0.25, -0.2) is 0 Å². The third-order valence-electron chi connectivity index (χ3n) is 12.3. The van der Waals surface area contributed by atoms with Crippen LogP contribution in [0.5, 0.6) is 0 Å². The topological polar surface area (TPSA) is 96.4 Å². The molecule has 2 saturated carbocycles. The van der Waals surface area contributed by atoms with Crippen LogP contribution >= 0.6 is 15.9 Å². The highest BCUT2D eigenvalue weighted by molar-refractivity contribution is 9.10. The number of nitrogens with zero attached hydrogens (tertiary/aromatic N) is 3. The first-order valence-corrected chi connectivity index (χ1v) is 22.2. The Balaban J connectivity index is 0.000000184. The zero-order valence-electron chi connectivity index (χ0n) is 35.4. The van der Waals surface area contributed by atoms with Gasteiger partial charge in [0.1, 0.15) is 0 Å². The second-order valence-corrected chi connectivity index (χ2v) is 17.9. The molecule has 4 aliphatic rings. The first-order chi connectivity index (χ1) is 29.8. The molecule has 63 heavy (non-hydrogen) atoms. The van der Waals surface area contributed by atoms with E-state index in [1.165, 1.54) is 54.2 Å². The molecule has 4 fully saturated rings. The second kappa shape index (κ2) is 20.2. The van der Waals surface area contributed by atoms with Gasteiger partial charge >= 0.3 is 12.4 Å². The molecule has 0 radical (unpaired) electrons. The van der Waals surface area contributed by atoms with Crippen LogP contribution in [0.2, 0.25) is 0 Å². The molecule has 2 amide bonds. The average molecular weight is 946 g/mol. The van der Waals surface area contributed by atoms with E-state index in [4.69, 9.17) is 0 Å². The van der Waals surface area contributed by atoms with E-state index >= 15 is 0 Å². The van der Waals surface area contributed by atoms with Crippen molar-refractivity contribution in [2.75, 3.05) is 31.1 Å². The minimum Gasteiger partial charge on any atom is -0.376 e. The molecule has 2 aliphatic heterocycles. The number of hydrogen-bond acceptors (Lipinski definition) is 6. The number of para-hydroxylation sites is 1. The molecule has 8 nitrogen and oxygen atoms in total. The van der Waals surface area contributed by atoms with Crippen LogP contribution in [-0.4, -0.2) is 94.5 Å². The van der Waals surface area contributed by atoms with Crippen LogP contribution in [0.1, 0.15) is 97.1 Å². The molecule has 4 aromatic rings. The average Bonchev–Trinajstić information content (AvgIpc) is 4.22. The SMILES string of the molecule is Brc1ccccc1.C[C@](O)(c1ccc(C(=O)N(C2CC2)C2CCN(c3ccccc3)CC2)cc1)C(F)(F)F.C[C@](O)(c1ccc(C(=O)N(C2CCNCC2)C2CC2)cc1)C(F)(F)F. The van der Waals surface area contributed by atoms with Crippen molar-refractivity contribution in [1.29, 1.82) is 0 Å². The molecular weight excluding hydrogens is 890 g/mol. The van der Waals surface area contributed by atoms with E-state index < -0.39 is 23.6 Å². The summed E-state index contributed by atoms with van der Waals surface area (Å²) in [7, 11) is 0. The lowest BCUT2D eigenvalue weighted by Crippen LogP contribution is -2.48. The lowest BCUT2D eigenvalue weighted by molar-refractivity contribution is -0.259. The van der Waals surface area contributed by atoms with Gasteiger partial charge in [0.05, 0.1) is 0 Å². The highest BCUT2D eigenvalue weighted by atomic mass is 79.9. The molecule has 3 N–H and O–H groups in total. The van der Waals surface area contributed by atoms with E-state index in [9.17, 15) is 46.1 Å². The van der Waals surface area contributed by atoms with E-state index in [0.717, 1.165) is 95.9 Å². The van der Waals surface area contributed by atoms with Gasteiger partial charge in [-0.3, -0.25) is 9.59 Å².